The largest absolute Gasteiger partial charge is 0.491 e. The normalized spacial score (nSPS) is 11.3. The predicted molar refractivity (Wildman–Crippen MR) is 73.8 cm³/mol. The summed E-state index contributed by atoms with van der Waals surface area (Å²) in [6.07, 6.45) is 0. The Bertz CT molecular complexity index is 508. The van der Waals surface area contributed by atoms with Crippen molar-refractivity contribution in [2.24, 2.45) is 0 Å². The summed E-state index contributed by atoms with van der Waals surface area (Å²) in [6, 6.07) is 6.24. The molecule has 1 rings (SSSR count). The topological polar surface area (TPSA) is 64.6 Å². The van der Waals surface area contributed by atoms with Crippen molar-refractivity contribution in [1.82, 2.24) is 4.72 Å². The van der Waals surface area contributed by atoms with E-state index >= 15 is 0 Å². The van der Waals surface area contributed by atoms with Crippen LogP contribution in [0.4, 0.5) is 0 Å². The molecule has 0 aliphatic heterocycles. The van der Waals surface area contributed by atoms with Crippen molar-refractivity contribution in [3.05, 3.63) is 36.4 Å². The molecular weight excluding hydrogens is 266 g/mol. The van der Waals surface area contributed by atoms with E-state index in [9.17, 15) is 8.42 Å². The fraction of sp³-hybridized carbons (Fsp3) is 0.385. The summed E-state index contributed by atoms with van der Waals surface area (Å²) in [5.41, 5.74) is 0.753. The number of ether oxygens (including phenoxy) is 2. The molecule has 0 radical (unpaired) electrons. The van der Waals surface area contributed by atoms with Gasteiger partial charge in [-0.25, -0.2) is 13.1 Å². The lowest BCUT2D eigenvalue weighted by atomic mass is 10.3. The molecule has 0 heterocycles. The Hall–Kier alpha value is -1.37. The van der Waals surface area contributed by atoms with Crippen LogP contribution in [-0.4, -0.2) is 35.3 Å². The number of rotatable bonds is 8. The number of hydrogen-bond acceptors (Lipinski definition) is 4. The summed E-state index contributed by atoms with van der Waals surface area (Å²) < 4.78 is 36.5. The van der Waals surface area contributed by atoms with Crippen molar-refractivity contribution in [1.29, 1.82) is 0 Å². The van der Waals surface area contributed by atoms with Crippen LogP contribution in [-0.2, 0) is 14.8 Å². The average molecular weight is 285 g/mol. The van der Waals surface area contributed by atoms with E-state index in [4.69, 9.17) is 9.47 Å². The molecule has 0 atom stereocenters. The van der Waals surface area contributed by atoms with Gasteiger partial charge >= 0.3 is 0 Å². The lowest BCUT2D eigenvalue weighted by Crippen LogP contribution is -2.25. The number of benzene rings is 1. The van der Waals surface area contributed by atoms with Crippen molar-refractivity contribution in [2.75, 3.05) is 26.9 Å². The van der Waals surface area contributed by atoms with Gasteiger partial charge in [0.1, 0.15) is 12.4 Å². The summed E-state index contributed by atoms with van der Waals surface area (Å²) >= 11 is 0. The Morgan fingerprint density at radius 1 is 1.26 bits per heavy atom. The summed E-state index contributed by atoms with van der Waals surface area (Å²) in [5.74, 6) is 0.607. The van der Waals surface area contributed by atoms with Crippen LogP contribution in [0.2, 0.25) is 0 Å². The lowest BCUT2D eigenvalue weighted by molar-refractivity contribution is 0.146. The van der Waals surface area contributed by atoms with Crippen LogP contribution in [0.15, 0.2) is 41.3 Å². The minimum Gasteiger partial charge on any atom is -0.491 e. The van der Waals surface area contributed by atoms with E-state index in [0.29, 0.717) is 19.0 Å². The lowest BCUT2D eigenvalue weighted by Gasteiger charge is -2.08. The first-order chi connectivity index (χ1) is 8.95. The van der Waals surface area contributed by atoms with Crippen LogP contribution >= 0.6 is 0 Å². The average Bonchev–Trinajstić information content (AvgIpc) is 2.37. The van der Waals surface area contributed by atoms with E-state index in [0.717, 1.165) is 5.57 Å². The molecule has 0 saturated heterocycles. The molecule has 0 amide bonds. The third kappa shape index (κ3) is 5.42. The summed E-state index contributed by atoms with van der Waals surface area (Å²) in [4.78, 5) is 0.202. The minimum absolute atomic E-state index is 0.202. The number of sulfonamides is 1. The molecule has 106 valence electrons. The molecule has 6 heteroatoms. The first-order valence-electron chi connectivity index (χ1n) is 5.81. The van der Waals surface area contributed by atoms with E-state index in [1.54, 1.807) is 26.2 Å². The fourth-order valence-corrected chi connectivity index (χ4v) is 2.36. The van der Waals surface area contributed by atoms with Gasteiger partial charge in [0.15, 0.2) is 0 Å². The standard InChI is InChI=1S/C13H19NO4S/c1-11(2)10-14-19(15,16)13-6-4-12(5-7-13)18-9-8-17-3/h4-7,14H,1,8-10H2,2-3H3. The van der Waals surface area contributed by atoms with E-state index in [1.807, 2.05) is 0 Å². The molecule has 5 nitrogen and oxygen atoms in total. The van der Waals surface area contributed by atoms with Crippen LogP contribution in [0, 0.1) is 0 Å². The minimum atomic E-state index is -3.49. The maximum atomic E-state index is 11.9. The van der Waals surface area contributed by atoms with Crippen LogP contribution in [0.5, 0.6) is 5.75 Å². The van der Waals surface area contributed by atoms with E-state index in [-0.39, 0.29) is 11.4 Å². The highest BCUT2D eigenvalue weighted by Crippen LogP contribution is 2.15. The number of methoxy groups -OCH3 is 1. The summed E-state index contributed by atoms with van der Waals surface area (Å²) in [7, 11) is -1.90. The highest BCUT2D eigenvalue weighted by atomic mass is 32.2. The molecule has 1 aromatic carbocycles. The second-order valence-electron chi connectivity index (χ2n) is 4.09. The van der Waals surface area contributed by atoms with Crippen molar-refractivity contribution < 1.29 is 17.9 Å². The number of nitrogens with one attached hydrogen (secondary N) is 1. The SMILES string of the molecule is C=C(C)CNS(=O)(=O)c1ccc(OCCOC)cc1. The van der Waals surface area contributed by atoms with Gasteiger partial charge in [-0.1, -0.05) is 12.2 Å². The molecule has 0 bridgehead atoms. The predicted octanol–water partition coefficient (Wildman–Crippen LogP) is 1.57. The third-order valence-electron chi connectivity index (χ3n) is 2.25. The number of hydrogen-bond donors (Lipinski definition) is 1. The van der Waals surface area contributed by atoms with Gasteiger partial charge in [0, 0.05) is 13.7 Å². The Balaban J connectivity index is 2.67. The van der Waals surface area contributed by atoms with Gasteiger partial charge in [-0.05, 0) is 31.2 Å². The van der Waals surface area contributed by atoms with E-state index in [2.05, 4.69) is 11.3 Å². The zero-order valence-electron chi connectivity index (χ0n) is 11.2. The monoisotopic (exact) mass is 285 g/mol. The first-order valence-corrected chi connectivity index (χ1v) is 7.30. The summed E-state index contributed by atoms with van der Waals surface area (Å²) in [5, 5.41) is 0. The molecule has 1 aromatic rings. The van der Waals surface area contributed by atoms with Crippen molar-refractivity contribution in [3.63, 3.8) is 0 Å². The van der Waals surface area contributed by atoms with Crippen LogP contribution in [0.1, 0.15) is 6.92 Å². The molecule has 0 fully saturated rings. The fourth-order valence-electron chi connectivity index (χ4n) is 1.26. The Morgan fingerprint density at radius 2 is 1.89 bits per heavy atom. The van der Waals surface area contributed by atoms with Crippen LogP contribution in [0.25, 0.3) is 0 Å². The second kappa shape index (κ2) is 7.28. The van der Waals surface area contributed by atoms with Gasteiger partial charge < -0.3 is 9.47 Å². The first kappa shape index (κ1) is 15.7. The van der Waals surface area contributed by atoms with E-state index in [1.165, 1.54) is 12.1 Å². The highest BCUT2D eigenvalue weighted by molar-refractivity contribution is 7.89. The molecule has 19 heavy (non-hydrogen) atoms. The molecule has 0 spiro atoms. The maximum Gasteiger partial charge on any atom is 0.240 e. The van der Waals surface area contributed by atoms with E-state index < -0.39 is 10.0 Å². The van der Waals surface area contributed by atoms with Crippen LogP contribution in [0.3, 0.4) is 0 Å². The van der Waals surface area contributed by atoms with Gasteiger partial charge in [0.2, 0.25) is 10.0 Å². The van der Waals surface area contributed by atoms with Crippen molar-refractivity contribution in [3.8, 4) is 5.75 Å². The smallest absolute Gasteiger partial charge is 0.240 e. The highest BCUT2D eigenvalue weighted by Gasteiger charge is 2.13. The Kier molecular flexibility index (Phi) is 6.01. The summed E-state index contributed by atoms with van der Waals surface area (Å²) in [6.45, 7) is 6.55. The molecule has 0 aliphatic rings. The quantitative estimate of drug-likeness (QED) is 0.581. The van der Waals surface area contributed by atoms with Gasteiger partial charge in [0.25, 0.3) is 0 Å². The molecular formula is C13H19NO4S. The second-order valence-corrected chi connectivity index (χ2v) is 5.86. The Morgan fingerprint density at radius 3 is 2.42 bits per heavy atom. The zero-order valence-corrected chi connectivity index (χ0v) is 12.0. The van der Waals surface area contributed by atoms with Crippen LogP contribution < -0.4 is 9.46 Å². The zero-order chi connectivity index (χ0) is 14.3. The van der Waals surface area contributed by atoms with Gasteiger partial charge in [-0.3, -0.25) is 0 Å². The van der Waals surface area contributed by atoms with Crippen molar-refractivity contribution >= 4 is 10.0 Å². The van der Waals surface area contributed by atoms with Gasteiger partial charge in [0.05, 0.1) is 11.5 Å². The Labute approximate surface area is 114 Å². The molecule has 0 unspecified atom stereocenters. The molecule has 1 N–H and O–H groups in total. The van der Waals surface area contributed by atoms with Crippen molar-refractivity contribution in [2.45, 2.75) is 11.8 Å². The van der Waals surface area contributed by atoms with Gasteiger partial charge in [-0.15, -0.1) is 0 Å². The third-order valence-corrected chi connectivity index (χ3v) is 3.67. The molecule has 0 aromatic heterocycles. The molecule has 0 aliphatic carbocycles. The van der Waals surface area contributed by atoms with Gasteiger partial charge in [-0.2, -0.15) is 0 Å². The maximum absolute atomic E-state index is 11.9. The molecule has 0 saturated carbocycles.